The summed E-state index contributed by atoms with van der Waals surface area (Å²) in [4.78, 5) is 23.7. The van der Waals surface area contributed by atoms with Gasteiger partial charge in [-0.2, -0.15) is 0 Å². The van der Waals surface area contributed by atoms with Crippen molar-refractivity contribution in [1.29, 1.82) is 0 Å². The maximum absolute atomic E-state index is 14.0. The monoisotopic (exact) mass is 380 g/mol. The second kappa shape index (κ2) is 7.52. The molecule has 144 valence electrons. The van der Waals surface area contributed by atoms with Crippen molar-refractivity contribution in [2.45, 2.75) is 13.8 Å². The lowest BCUT2D eigenvalue weighted by Gasteiger charge is -2.27. The van der Waals surface area contributed by atoms with Crippen LogP contribution in [0.2, 0.25) is 0 Å². The van der Waals surface area contributed by atoms with Crippen molar-refractivity contribution in [1.82, 2.24) is 14.9 Å². The van der Waals surface area contributed by atoms with Crippen molar-refractivity contribution in [2.24, 2.45) is 0 Å². The third-order valence-corrected chi connectivity index (χ3v) is 4.84. The highest BCUT2D eigenvalue weighted by molar-refractivity contribution is 6.07. The molecule has 1 amide bonds. The minimum absolute atomic E-state index is 0.131. The molecule has 7 heteroatoms. The molecule has 1 fully saturated rings. The second-order valence-corrected chi connectivity index (χ2v) is 6.86. The van der Waals surface area contributed by atoms with Gasteiger partial charge in [0.05, 0.1) is 24.5 Å². The van der Waals surface area contributed by atoms with E-state index in [0.29, 0.717) is 59.8 Å². The zero-order chi connectivity index (χ0) is 19.7. The summed E-state index contributed by atoms with van der Waals surface area (Å²) in [6.07, 6.45) is 1.54. The van der Waals surface area contributed by atoms with Crippen LogP contribution in [-0.4, -0.2) is 47.1 Å². The predicted octanol–water partition coefficient (Wildman–Crippen LogP) is 3.60. The molecule has 4 rings (SSSR count). The summed E-state index contributed by atoms with van der Waals surface area (Å²) in [6, 6.07) is 8.66. The first kappa shape index (κ1) is 18.3. The van der Waals surface area contributed by atoms with Crippen molar-refractivity contribution < 1.29 is 13.9 Å². The number of hydrogen-bond donors (Lipinski definition) is 1. The molecule has 28 heavy (non-hydrogen) atoms. The number of pyridine rings is 2. The Labute approximate surface area is 162 Å². The fourth-order valence-corrected chi connectivity index (χ4v) is 3.22. The van der Waals surface area contributed by atoms with Crippen LogP contribution in [0.15, 0.2) is 36.5 Å². The summed E-state index contributed by atoms with van der Waals surface area (Å²) in [5.74, 6) is -0.438. The molecular weight excluding hydrogens is 359 g/mol. The lowest BCUT2D eigenvalue weighted by atomic mass is 10.1. The molecule has 0 atom stereocenters. The van der Waals surface area contributed by atoms with Crippen LogP contribution < -0.4 is 5.32 Å². The first-order chi connectivity index (χ1) is 13.5. The van der Waals surface area contributed by atoms with Crippen LogP contribution in [0, 0.1) is 19.7 Å². The van der Waals surface area contributed by atoms with E-state index in [0.717, 1.165) is 5.69 Å². The molecule has 0 spiro atoms. The van der Waals surface area contributed by atoms with Crippen LogP contribution in [0.5, 0.6) is 0 Å². The number of nitrogens with one attached hydrogen (secondary N) is 1. The summed E-state index contributed by atoms with van der Waals surface area (Å²) in [5, 5.41) is 3.94. The quantitative estimate of drug-likeness (QED) is 0.752. The number of aryl methyl sites for hydroxylation is 2. The Balaban J connectivity index is 1.81. The summed E-state index contributed by atoms with van der Waals surface area (Å²) >= 11 is 0. The summed E-state index contributed by atoms with van der Waals surface area (Å²) in [7, 11) is 0. The topological polar surface area (TPSA) is 67.4 Å². The number of rotatable bonds is 3. The third-order valence-electron chi connectivity index (χ3n) is 4.84. The van der Waals surface area contributed by atoms with Gasteiger partial charge in [0.1, 0.15) is 5.82 Å². The number of fused-ring (bicyclic) bond motifs is 1. The van der Waals surface area contributed by atoms with E-state index in [4.69, 9.17) is 4.74 Å². The van der Waals surface area contributed by atoms with Crippen LogP contribution in [0.4, 0.5) is 15.8 Å². The Morgan fingerprint density at radius 3 is 2.71 bits per heavy atom. The number of amides is 1. The molecule has 1 aromatic carbocycles. The van der Waals surface area contributed by atoms with E-state index in [2.05, 4.69) is 15.3 Å². The van der Waals surface area contributed by atoms with Gasteiger partial charge in [-0.3, -0.25) is 4.79 Å². The highest BCUT2D eigenvalue weighted by atomic mass is 19.1. The Bertz CT molecular complexity index is 1050. The minimum Gasteiger partial charge on any atom is -0.378 e. The smallest absolute Gasteiger partial charge is 0.257 e. The van der Waals surface area contributed by atoms with Crippen LogP contribution >= 0.6 is 0 Å². The molecule has 0 saturated carbocycles. The van der Waals surface area contributed by atoms with Gasteiger partial charge in [0.15, 0.2) is 5.65 Å². The molecule has 6 nitrogen and oxygen atoms in total. The van der Waals surface area contributed by atoms with E-state index in [9.17, 15) is 9.18 Å². The number of aromatic nitrogens is 2. The number of carbonyl (C=O) groups excluding carboxylic acids is 1. The Hall–Kier alpha value is -3.06. The molecule has 1 aliphatic heterocycles. The fourth-order valence-electron chi connectivity index (χ4n) is 3.22. The Morgan fingerprint density at radius 1 is 1.18 bits per heavy atom. The SMILES string of the molecule is Cc1ccc2c(Nc3ccc(C)c(F)c3)c(C(=O)N3CCOCC3)cnc2n1. The van der Waals surface area contributed by atoms with Crippen molar-refractivity contribution in [3.8, 4) is 0 Å². The lowest BCUT2D eigenvalue weighted by molar-refractivity contribution is 0.0303. The summed E-state index contributed by atoms with van der Waals surface area (Å²) < 4.78 is 19.4. The van der Waals surface area contributed by atoms with Crippen molar-refractivity contribution in [2.75, 3.05) is 31.6 Å². The van der Waals surface area contributed by atoms with Crippen LogP contribution in [0.1, 0.15) is 21.6 Å². The van der Waals surface area contributed by atoms with Gasteiger partial charge in [-0.1, -0.05) is 6.07 Å². The number of hydrogen-bond acceptors (Lipinski definition) is 5. The number of morpholine rings is 1. The number of halogens is 1. The second-order valence-electron chi connectivity index (χ2n) is 6.86. The van der Waals surface area contributed by atoms with Crippen LogP contribution in [-0.2, 0) is 4.74 Å². The molecule has 0 aliphatic carbocycles. The number of ether oxygens (including phenoxy) is 1. The van der Waals surface area contributed by atoms with Crippen molar-refractivity contribution in [3.05, 3.63) is 59.2 Å². The van der Waals surface area contributed by atoms with Gasteiger partial charge >= 0.3 is 0 Å². The van der Waals surface area contributed by atoms with E-state index < -0.39 is 0 Å². The summed E-state index contributed by atoms with van der Waals surface area (Å²) in [5.41, 5.74) is 3.51. The fraction of sp³-hybridized carbons (Fsp3) is 0.286. The predicted molar refractivity (Wildman–Crippen MR) is 105 cm³/mol. The molecule has 0 bridgehead atoms. The van der Waals surface area contributed by atoms with Gasteiger partial charge in [-0.05, 0) is 43.7 Å². The number of nitrogens with zero attached hydrogens (tertiary/aromatic N) is 3. The maximum atomic E-state index is 14.0. The molecule has 2 aromatic heterocycles. The van der Waals surface area contributed by atoms with Crippen LogP contribution in [0.3, 0.4) is 0 Å². The van der Waals surface area contributed by atoms with Gasteiger partial charge in [0.2, 0.25) is 0 Å². The average molecular weight is 380 g/mol. The first-order valence-corrected chi connectivity index (χ1v) is 9.19. The zero-order valence-electron chi connectivity index (χ0n) is 15.8. The van der Waals surface area contributed by atoms with E-state index in [1.54, 1.807) is 30.2 Å². The standard InChI is InChI=1S/C21H21FN4O2/c1-13-3-5-15(11-18(13)22)25-19-16-6-4-14(2)24-20(16)23-12-17(19)21(27)26-7-9-28-10-8-26/h3-6,11-12H,7-10H2,1-2H3,(H,23,24,25). The highest BCUT2D eigenvalue weighted by Crippen LogP contribution is 2.30. The van der Waals surface area contributed by atoms with Crippen LogP contribution in [0.25, 0.3) is 11.0 Å². The molecule has 1 saturated heterocycles. The zero-order valence-corrected chi connectivity index (χ0v) is 15.8. The van der Waals surface area contributed by atoms with E-state index in [1.165, 1.54) is 6.07 Å². The molecule has 0 unspecified atom stereocenters. The molecule has 1 aliphatic rings. The molecule has 0 radical (unpaired) electrons. The maximum Gasteiger partial charge on any atom is 0.257 e. The van der Waals surface area contributed by atoms with Crippen molar-refractivity contribution in [3.63, 3.8) is 0 Å². The Morgan fingerprint density at radius 2 is 1.96 bits per heavy atom. The molecule has 1 N–H and O–H groups in total. The minimum atomic E-state index is -0.307. The van der Waals surface area contributed by atoms with Crippen molar-refractivity contribution >= 4 is 28.3 Å². The van der Waals surface area contributed by atoms with Gasteiger partial charge in [-0.15, -0.1) is 0 Å². The van der Waals surface area contributed by atoms with E-state index in [1.807, 2.05) is 19.1 Å². The molecule has 3 heterocycles. The number of anilines is 2. The van der Waals surface area contributed by atoms with Gasteiger partial charge in [-0.25, -0.2) is 14.4 Å². The third kappa shape index (κ3) is 3.53. The normalized spacial score (nSPS) is 14.3. The Kier molecular flexibility index (Phi) is 4.92. The summed E-state index contributed by atoms with van der Waals surface area (Å²) in [6.45, 7) is 5.68. The van der Waals surface area contributed by atoms with Gasteiger partial charge in [0, 0.05) is 36.1 Å². The van der Waals surface area contributed by atoms with E-state index in [-0.39, 0.29) is 11.7 Å². The molecular formula is C21H21FN4O2. The largest absolute Gasteiger partial charge is 0.378 e. The van der Waals surface area contributed by atoms with Gasteiger partial charge in [0.25, 0.3) is 5.91 Å². The number of benzene rings is 1. The average Bonchev–Trinajstić information content (AvgIpc) is 2.71. The lowest BCUT2D eigenvalue weighted by Crippen LogP contribution is -2.41. The first-order valence-electron chi connectivity index (χ1n) is 9.19. The van der Waals surface area contributed by atoms with Gasteiger partial charge < -0.3 is 15.0 Å². The highest BCUT2D eigenvalue weighted by Gasteiger charge is 2.23. The van der Waals surface area contributed by atoms with E-state index >= 15 is 0 Å². The number of carbonyl (C=O) groups is 1. The molecule has 3 aromatic rings.